The lowest BCUT2D eigenvalue weighted by molar-refractivity contribution is -0.149. The van der Waals surface area contributed by atoms with Gasteiger partial charge in [0.2, 0.25) is 11.8 Å². The summed E-state index contributed by atoms with van der Waals surface area (Å²) in [6, 6.07) is 15.4. The predicted molar refractivity (Wildman–Crippen MR) is 147 cm³/mol. The van der Waals surface area contributed by atoms with Crippen LogP contribution in [0, 0.1) is 12.8 Å². The molecule has 7 heteroatoms. The van der Waals surface area contributed by atoms with Crippen LogP contribution in [0.1, 0.15) is 78.1 Å². The molecule has 0 aliphatic rings. The van der Waals surface area contributed by atoms with Gasteiger partial charge in [-0.25, -0.2) is 4.79 Å². The van der Waals surface area contributed by atoms with E-state index in [0.29, 0.717) is 6.54 Å². The molecule has 2 aromatic rings. The maximum absolute atomic E-state index is 14.2. The lowest BCUT2D eigenvalue weighted by atomic mass is 9.91. The van der Waals surface area contributed by atoms with Crippen molar-refractivity contribution in [1.82, 2.24) is 15.5 Å². The van der Waals surface area contributed by atoms with Crippen LogP contribution in [0.5, 0.6) is 0 Å². The van der Waals surface area contributed by atoms with E-state index in [1.807, 2.05) is 96.1 Å². The normalized spacial score (nSPS) is 13.5. The van der Waals surface area contributed by atoms with E-state index < -0.39 is 29.3 Å². The molecule has 0 bridgehead atoms. The Morgan fingerprint density at radius 2 is 1.46 bits per heavy atom. The van der Waals surface area contributed by atoms with Gasteiger partial charge in [0.05, 0.1) is 0 Å². The topological polar surface area (TPSA) is 87.7 Å². The van der Waals surface area contributed by atoms with Crippen molar-refractivity contribution in [1.29, 1.82) is 0 Å². The molecule has 0 radical (unpaired) electrons. The third-order valence-corrected chi connectivity index (χ3v) is 5.86. The molecule has 0 aliphatic heterocycles. The molecule has 0 saturated carbocycles. The van der Waals surface area contributed by atoms with Gasteiger partial charge in [0, 0.05) is 12.1 Å². The first-order chi connectivity index (χ1) is 17.1. The second kappa shape index (κ2) is 12.3. The van der Waals surface area contributed by atoms with Gasteiger partial charge in [-0.2, -0.15) is 0 Å². The number of hydrogen-bond donors (Lipinski definition) is 2. The second-order valence-electron chi connectivity index (χ2n) is 11.7. The Morgan fingerprint density at radius 1 is 0.892 bits per heavy atom. The highest BCUT2D eigenvalue weighted by atomic mass is 16.6. The number of benzene rings is 2. The van der Waals surface area contributed by atoms with Gasteiger partial charge in [-0.15, -0.1) is 0 Å². The molecular formula is C30H43N3O4. The minimum Gasteiger partial charge on any atom is -0.444 e. The monoisotopic (exact) mass is 509 g/mol. The van der Waals surface area contributed by atoms with Crippen LogP contribution in [0.25, 0.3) is 0 Å². The van der Waals surface area contributed by atoms with Crippen molar-refractivity contribution in [3.63, 3.8) is 0 Å². The maximum atomic E-state index is 14.2. The number of carbonyl (C=O) groups is 3. The molecule has 0 saturated heterocycles. The summed E-state index contributed by atoms with van der Waals surface area (Å²) in [4.78, 5) is 42.3. The van der Waals surface area contributed by atoms with E-state index in [-0.39, 0.29) is 17.7 Å². The van der Waals surface area contributed by atoms with Gasteiger partial charge in [-0.1, -0.05) is 68.4 Å². The highest BCUT2D eigenvalue weighted by Gasteiger charge is 2.43. The van der Waals surface area contributed by atoms with Crippen LogP contribution < -0.4 is 10.6 Å². The molecular weight excluding hydrogens is 466 g/mol. The summed E-state index contributed by atoms with van der Waals surface area (Å²) in [6.45, 7) is 17.0. The lowest BCUT2D eigenvalue weighted by Gasteiger charge is -2.44. The number of alkyl carbamates (subject to hydrolysis) is 1. The zero-order valence-electron chi connectivity index (χ0n) is 23.7. The highest BCUT2D eigenvalue weighted by molar-refractivity contribution is 5.93. The average molecular weight is 510 g/mol. The minimum atomic E-state index is -0.904. The van der Waals surface area contributed by atoms with Crippen LogP contribution in [0.4, 0.5) is 4.79 Å². The molecule has 2 atom stereocenters. The smallest absolute Gasteiger partial charge is 0.408 e. The fourth-order valence-corrected chi connectivity index (χ4v) is 4.12. The van der Waals surface area contributed by atoms with Gasteiger partial charge < -0.3 is 20.3 Å². The number of nitrogens with one attached hydrogen (secondary N) is 2. The van der Waals surface area contributed by atoms with Crippen molar-refractivity contribution in [3.8, 4) is 0 Å². The van der Waals surface area contributed by atoms with Crippen LogP contribution in [0.2, 0.25) is 0 Å². The number of rotatable bonds is 8. The first kappa shape index (κ1) is 29.9. The van der Waals surface area contributed by atoms with Crippen LogP contribution in [-0.4, -0.2) is 40.0 Å². The minimum absolute atomic E-state index is 0.241. The average Bonchev–Trinajstić information content (AvgIpc) is 2.78. The van der Waals surface area contributed by atoms with Gasteiger partial charge in [0.15, 0.2) is 0 Å². The molecule has 0 aromatic heterocycles. The summed E-state index contributed by atoms with van der Waals surface area (Å²) < 4.78 is 5.43. The van der Waals surface area contributed by atoms with E-state index >= 15 is 0 Å². The van der Waals surface area contributed by atoms with Crippen LogP contribution in [-0.2, 0) is 20.9 Å². The third-order valence-electron chi connectivity index (χ3n) is 5.86. The van der Waals surface area contributed by atoms with Crippen LogP contribution in [0.15, 0.2) is 54.6 Å². The zero-order valence-corrected chi connectivity index (χ0v) is 23.7. The molecule has 0 heterocycles. The largest absolute Gasteiger partial charge is 0.444 e. The predicted octanol–water partition coefficient (Wildman–Crippen LogP) is 5.53. The number of aryl methyl sites for hydroxylation is 1. The van der Waals surface area contributed by atoms with Crippen molar-refractivity contribution in [3.05, 3.63) is 71.3 Å². The van der Waals surface area contributed by atoms with E-state index in [0.717, 1.165) is 16.7 Å². The van der Waals surface area contributed by atoms with Gasteiger partial charge >= 0.3 is 6.09 Å². The third kappa shape index (κ3) is 8.62. The Morgan fingerprint density at radius 3 is 1.97 bits per heavy atom. The van der Waals surface area contributed by atoms with Gasteiger partial charge in [-0.3, -0.25) is 9.59 Å². The SMILES string of the molecule is Cc1ccccc1C(C(=O)NCc1ccccc1)N(C(=O)C(NC(=O)OC(C)(C)C)C(C)C)C(C)(C)C. The standard InChI is InChI=1S/C30H43N3O4/c1-20(2)24(32-28(36)37-30(7,8)9)27(35)33(29(4,5)6)25(23-18-14-13-15-21(23)3)26(34)31-19-22-16-11-10-12-17-22/h10-18,20,24-25H,19H2,1-9H3,(H,31,34)(H,32,36). The quantitative estimate of drug-likeness (QED) is 0.490. The molecule has 2 unspecified atom stereocenters. The Labute approximate surface area is 222 Å². The molecule has 0 fully saturated rings. The van der Waals surface area contributed by atoms with Crippen molar-refractivity contribution < 1.29 is 19.1 Å². The van der Waals surface area contributed by atoms with Crippen molar-refractivity contribution in [2.45, 2.75) is 92.1 Å². The summed E-state index contributed by atoms with van der Waals surface area (Å²) in [6.07, 6.45) is -0.672. The summed E-state index contributed by atoms with van der Waals surface area (Å²) in [5.74, 6) is -0.882. The molecule has 202 valence electrons. The number of amides is 3. The van der Waals surface area contributed by atoms with E-state index in [1.54, 1.807) is 25.7 Å². The van der Waals surface area contributed by atoms with Crippen LogP contribution in [0.3, 0.4) is 0 Å². The second-order valence-corrected chi connectivity index (χ2v) is 11.7. The Balaban J connectivity index is 2.51. The van der Waals surface area contributed by atoms with Gasteiger partial charge in [-0.05, 0) is 71.1 Å². The summed E-state index contributed by atoms with van der Waals surface area (Å²) >= 11 is 0. The van der Waals surface area contributed by atoms with Gasteiger partial charge in [0.1, 0.15) is 17.7 Å². The number of carbonyl (C=O) groups excluding carboxylic acids is 3. The van der Waals surface area contributed by atoms with E-state index in [4.69, 9.17) is 4.74 Å². The number of ether oxygens (including phenoxy) is 1. The fraction of sp³-hybridized carbons (Fsp3) is 0.500. The number of hydrogen-bond acceptors (Lipinski definition) is 4. The zero-order chi connectivity index (χ0) is 28.0. The van der Waals surface area contributed by atoms with E-state index in [2.05, 4.69) is 10.6 Å². The summed E-state index contributed by atoms with van der Waals surface area (Å²) in [5.41, 5.74) is 1.14. The molecule has 0 spiro atoms. The molecule has 3 amide bonds. The molecule has 2 aromatic carbocycles. The van der Waals surface area contributed by atoms with Crippen molar-refractivity contribution in [2.75, 3.05) is 0 Å². The lowest BCUT2D eigenvalue weighted by Crippen LogP contribution is -2.59. The van der Waals surface area contributed by atoms with E-state index in [1.165, 1.54) is 0 Å². The molecule has 2 N–H and O–H groups in total. The Bertz CT molecular complexity index is 1070. The first-order valence-electron chi connectivity index (χ1n) is 12.8. The van der Waals surface area contributed by atoms with Crippen LogP contribution >= 0.6 is 0 Å². The summed E-state index contributed by atoms with van der Waals surface area (Å²) in [5, 5.41) is 5.79. The maximum Gasteiger partial charge on any atom is 0.408 e. The highest BCUT2D eigenvalue weighted by Crippen LogP contribution is 2.32. The Hall–Kier alpha value is -3.35. The molecule has 0 aliphatic carbocycles. The summed E-state index contributed by atoms with van der Waals surface area (Å²) in [7, 11) is 0. The van der Waals surface area contributed by atoms with Crippen molar-refractivity contribution in [2.24, 2.45) is 5.92 Å². The number of nitrogens with zero attached hydrogens (tertiary/aromatic N) is 1. The molecule has 7 nitrogen and oxygen atoms in total. The Kier molecular flexibility index (Phi) is 9.90. The van der Waals surface area contributed by atoms with E-state index in [9.17, 15) is 14.4 Å². The fourth-order valence-electron chi connectivity index (χ4n) is 4.12. The van der Waals surface area contributed by atoms with Crippen molar-refractivity contribution >= 4 is 17.9 Å². The van der Waals surface area contributed by atoms with Gasteiger partial charge in [0.25, 0.3) is 0 Å². The first-order valence-corrected chi connectivity index (χ1v) is 12.8. The molecule has 37 heavy (non-hydrogen) atoms. The molecule has 2 rings (SSSR count).